The highest BCUT2D eigenvalue weighted by atomic mass is 35.5. The number of nitrogens with zero attached hydrogens (tertiary/aromatic N) is 1. The van der Waals surface area contributed by atoms with Crippen LogP contribution >= 0.6 is 11.6 Å². The largest absolute Gasteiger partial charge is 0.480 e. The lowest BCUT2D eigenvalue weighted by Gasteiger charge is -2.22. The van der Waals surface area contributed by atoms with Crippen LogP contribution in [0.3, 0.4) is 0 Å². The number of nitrogens with one attached hydrogen (secondary N) is 1. The number of ether oxygens (including phenoxy) is 1. The Morgan fingerprint density at radius 2 is 1.89 bits per heavy atom. The number of halogens is 4. The van der Waals surface area contributed by atoms with Gasteiger partial charge in [0, 0.05) is 18.2 Å². The smallest absolute Gasteiger partial charge is 0.433 e. The van der Waals surface area contributed by atoms with Crippen LogP contribution in [0.1, 0.15) is 49.7 Å². The van der Waals surface area contributed by atoms with E-state index in [0.717, 1.165) is 0 Å². The van der Waals surface area contributed by atoms with Gasteiger partial charge in [0.1, 0.15) is 17.3 Å². The summed E-state index contributed by atoms with van der Waals surface area (Å²) in [7, 11) is 0. The van der Waals surface area contributed by atoms with Gasteiger partial charge in [-0.1, -0.05) is 11.6 Å². The van der Waals surface area contributed by atoms with E-state index in [1.165, 1.54) is 0 Å². The first kappa shape index (κ1) is 22.7. The Balaban J connectivity index is 2.84. The normalized spacial score (nSPS) is 13.0. The summed E-state index contributed by atoms with van der Waals surface area (Å²) >= 11 is 5.72. The first-order valence-electron chi connectivity index (χ1n) is 7.69. The van der Waals surface area contributed by atoms with E-state index in [0.29, 0.717) is 12.3 Å². The predicted octanol–water partition coefficient (Wildman–Crippen LogP) is 3.69. The van der Waals surface area contributed by atoms with Crippen LogP contribution in [0.5, 0.6) is 0 Å². The van der Waals surface area contributed by atoms with E-state index in [1.807, 2.05) is 0 Å². The predicted molar refractivity (Wildman–Crippen MR) is 88.6 cm³/mol. The number of aliphatic carboxylic acids is 1. The number of pyridine rings is 1. The fraction of sp³-hybridized carbons (Fsp3) is 0.500. The van der Waals surface area contributed by atoms with Crippen molar-refractivity contribution in [2.45, 2.75) is 51.4 Å². The standard InChI is InChI=1S/C16H18ClF3N2O5/c1-15(2,3)27-14(26)22-10(13(24)25)4-5-11(23)8-6-12(16(18,19)20)21-7-9(8)17/h6-7,10H,4-5H2,1-3H3,(H,22,26)(H,24,25). The number of ketones is 1. The molecule has 0 aliphatic carbocycles. The molecular formula is C16H18ClF3N2O5. The topological polar surface area (TPSA) is 106 Å². The highest BCUT2D eigenvalue weighted by molar-refractivity contribution is 6.33. The number of carbonyl (C=O) groups excluding carboxylic acids is 2. The Bertz CT molecular complexity index is 732. The van der Waals surface area contributed by atoms with Gasteiger partial charge >= 0.3 is 18.2 Å². The highest BCUT2D eigenvalue weighted by Gasteiger charge is 2.34. The summed E-state index contributed by atoms with van der Waals surface area (Å²) in [6.07, 6.45) is -5.89. The quantitative estimate of drug-likeness (QED) is 0.693. The van der Waals surface area contributed by atoms with Crippen molar-refractivity contribution in [2.24, 2.45) is 0 Å². The van der Waals surface area contributed by atoms with E-state index < -0.39 is 53.3 Å². The molecule has 0 radical (unpaired) electrons. The van der Waals surface area contributed by atoms with Crippen LogP contribution < -0.4 is 5.32 Å². The third kappa shape index (κ3) is 7.41. The maximum absolute atomic E-state index is 12.7. The molecule has 1 rings (SSSR count). The molecule has 1 atom stereocenters. The molecule has 0 fully saturated rings. The number of rotatable bonds is 6. The minimum Gasteiger partial charge on any atom is -0.480 e. The average molecular weight is 411 g/mol. The number of aromatic nitrogens is 1. The number of carbonyl (C=O) groups is 3. The van der Waals surface area contributed by atoms with Crippen molar-refractivity contribution in [1.82, 2.24) is 10.3 Å². The monoisotopic (exact) mass is 410 g/mol. The number of hydrogen-bond acceptors (Lipinski definition) is 5. The third-order valence-electron chi connectivity index (χ3n) is 3.10. The zero-order valence-corrected chi connectivity index (χ0v) is 15.4. The minimum atomic E-state index is -4.76. The van der Waals surface area contributed by atoms with Crippen LogP contribution in [0, 0.1) is 0 Å². The second-order valence-electron chi connectivity index (χ2n) is 6.55. The van der Waals surface area contributed by atoms with Crippen molar-refractivity contribution in [3.05, 3.63) is 28.5 Å². The summed E-state index contributed by atoms with van der Waals surface area (Å²) in [5.74, 6) is -2.24. The molecule has 0 saturated carbocycles. The van der Waals surface area contributed by atoms with Crippen molar-refractivity contribution < 1.29 is 37.4 Å². The summed E-state index contributed by atoms with van der Waals surface area (Å²) in [6.45, 7) is 4.74. The molecule has 1 unspecified atom stereocenters. The number of alkyl halides is 3. The summed E-state index contributed by atoms with van der Waals surface area (Å²) in [5.41, 5.74) is -2.58. The van der Waals surface area contributed by atoms with Crippen LogP contribution in [-0.2, 0) is 15.7 Å². The lowest BCUT2D eigenvalue weighted by molar-refractivity contribution is -0.141. The number of Topliss-reactive ketones (excluding diaryl/α,β-unsaturated/α-hetero) is 1. The molecule has 0 aromatic carbocycles. The van der Waals surface area contributed by atoms with Crippen molar-refractivity contribution in [2.75, 3.05) is 0 Å². The van der Waals surface area contributed by atoms with Gasteiger partial charge < -0.3 is 15.2 Å². The van der Waals surface area contributed by atoms with Gasteiger partial charge in [-0.05, 0) is 33.3 Å². The fourth-order valence-corrected chi connectivity index (χ4v) is 2.13. The Morgan fingerprint density at radius 1 is 1.30 bits per heavy atom. The molecule has 0 saturated heterocycles. The van der Waals surface area contributed by atoms with Crippen LogP contribution in [0.4, 0.5) is 18.0 Å². The van der Waals surface area contributed by atoms with Crippen LogP contribution in [0.25, 0.3) is 0 Å². The highest BCUT2D eigenvalue weighted by Crippen LogP contribution is 2.30. The first-order valence-corrected chi connectivity index (χ1v) is 8.07. The van der Waals surface area contributed by atoms with E-state index in [1.54, 1.807) is 20.8 Å². The third-order valence-corrected chi connectivity index (χ3v) is 3.40. The van der Waals surface area contributed by atoms with E-state index in [9.17, 15) is 27.6 Å². The van der Waals surface area contributed by atoms with Crippen LogP contribution in [-0.4, -0.2) is 39.6 Å². The zero-order chi connectivity index (χ0) is 21.0. The first-order chi connectivity index (χ1) is 12.2. The van der Waals surface area contributed by atoms with E-state index in [2.05, 4.69) is 10.3 Å². The summed E-state index contributed by atoms with van der Waals surface area (Å²) < 4.78 is 43.0. The SMILES string of the molecule is CC(C)(C)OC(=O)NC(CCC(=O)c1cc(C(F)(F)F)ncc1Cl)C(=O)O. The number of amides is 1. The average Bonchev–Trinajstić information content (AvgIpc) is 2.48. The lowest BCUT2D eigenvalue weighted by Crippen LogP contribution is -2.43. The maximum atomic E-state index is 12.7. The van der Waals surface area contributed by atoms with Gasteiger partial charge in [-0.15, -0.1) is 0 Å². The molecule has 0 bridgehead atoms. The van der Waals surface area contributed by atoms with Gasteiger partial charge in [-0.3, -0.25) is 9.78 Å². The van der Waals surface area contributed by atoms with Crippen molar-refractivity contribution >= 4 is 29.4 Å². The molecule has 7 nitrogen and oxygen atoms in total. The molecule has 2 N–H and O–H groups in total. The van der Waals surface area contributed by atoms with Crippen LogP contribution in [0.15, 0.2) is 12.3 Å². The van der Waals surface area contributed by atoms with Crippen LogP contribution in [0.2, 0.25) is 5.02 Å². The van der Waals surface area contributed by atoms with Gasteiger partial charge in [0.25, 0.3) is 0 Å². The molecule has 1 aromatic heterocycles. The van der Waals surface area contributed by atoms with Crippen molar-refractivity contribution in [3.63, 3.8) is 0 Å². The van der Waals surface area contributed by atoms with E-state index in [-0.39, 0.29) is 11.4 Å². The second kappa shape index (κ2) is 8.55. The van der Waals surface area contributed by atoms with Gasteiger partial charge in [0.2, 0.25) is 0 Å². The molecule has 1 aromatic rings. The molecule has 27 heavy (non-hydrogen) atoms. The molecular weight excluding hydrogens is 393 g/mol. The van der Waals surface area contributed by atoms with Crippen molar-refractivity contribution in [1.29, 1.82) is 0 Å². The lowest BCUT2D eigenvalue weighted by atomic mass is 10.0. The fourth-order valence-electron chi connectivity index (χ4n) is 1.92. The summed E-state index contributed by atoms with van der Waals surface area (Å²) in [6, 6.07) is -0.964. The second-order valence-corrected chi connectivity index (χ2v) is 6.95. The molecule has 1 heterocycles. The molecule has 150 valence electrons. The Hall–Kier alpha value is -2.36. The molecule has 0 spiro atoms. The van der Waals surface area contributed by atoms with E-state index >= 15 is 0 Å². The number of carboxylic acid groups (broad SMARTS) is 1. The van der Waals surface area contributed by atoms with Gasteiger partial charge in [-0.2, -0.15) is 13.2 Å². The van der Waals surface area contributed by atoms with Gasteiger partial charge in [-0.25, -0.2) is 9.59 Å². The van der Waals surface area contributed by atoms with Crippen molar-refractivity contribution in [3.8, 4) is 0 Å². The number of carboxylic acids is 1. The Kier molecular flexibility index (Phi) is 7.18. The molecule has 11 heteroatoms. The zero-order valence-electron chi connectivity index (χ0n) is 14.7. The molecule has 1 amide bonds. The summed E-state index contributed by atoms with van der Waals surface area (Å²) in [5, 5.41) is 10.9. The molecule has 0 aliphatic rings. The number of hydrogen-bond donors (Lipinski definition) is 2. The van der Waals surface area contributed by atoms with E-state index in [4.69, 9.17) is 21.4 Å². The van der Waals surface area contributed by atoms with Gasteiger partial charge in [0.05, 0.1) is 5.02 Å². The number of alkyl carbamates (subject to hydrolysis) is 1. The Labute approximate surface area is 157 Å². The maximum Gasteiger partial charge on any atom is 0.433 e. The Morgan fingerprint density at radius 3 is 2.37 bits per heavy atom. The summed E-state index contributed by atoms with van der Waals surface area (Å²) in [4.78, 5) is 38.2. The minimum absolute atomic E-state index is 0.292. The van der Waals surface area contributed by atoms with Gasteiger partial charge in [0.15, 0.2) is 5.78 Å². The molecule has 0 aliphatic heterocycles.